The van der Waals surface area contributed by atoms with Crippen molar-refractivity contribution in [2.75, 3.05) is 0 Å². The molecule has 1 fully saturated rings. The van der Waals surface area contributed by atoms with E-state index in [1.54, 1.807) is 6.92 Å². The van der Waals surface area contributed by atoms with Crippen LogP contribution < -0.4 is 0 Å². The van der Waals surface area contributed by atoms with E-state index in [1.165, 1.54) is 0 Å². The summed E-state index contributed by atoms with van der Waals surface area (Å²) in [4.78, 5) is 11.8. The molecule has 0 aromatic heterocycles. The van der Waals surface area contributed by atoms with Gasteiger partial charge in [-0.2, -0.15) is 0 Å². The van der Waals surface area contributed by atoms with Crippen LogP contribution in [0, 0.1) is 16.7 Å². The standard InChI is InChI=1S/C15H21Br2ClO3/c1-7-10(20)11(21)12(17)13(2,3)15(7)5-8(16)14(4,18)6-9(15)19/h7-9,19,21H,5-6H2,1-4H3/t7-,8+,9+,14+,15+/m1/s1. The fourth-order valence-corrected chi connectivity index (χ4v) is 5.57. The Kier molecular flexibility index (Phi) is 4.41. The zero-order valence-corrected chi connectivity index (χ0v) is 16.5. The highest BCUT2D eigenvalue weighted by Gasteiger charge is 2.64. The molecule has 0 heterocycles. The number of carbonyl (C=O) groups is 1. The minimum Gasteiger partial charge on any atom is -0.504 e. The third kappa shape index (κ3) is 2.26. The molecule has 0 unspecified atom stereocenters. The summed E-state index contributed by atoms with van der Waals surface area (Å²) in [6, 6.07) is 0. The summed E-state index contributed by atoms with van der Waals surface area (Å²) in [5, 5.41) is 21.0. The predicted octanol–water partition coefficient (Wildman–Crippen LogP) is 4.30. The zero-order valence-electron chi connectivity index (χ0n) is 12.6. The van der Waals surface area contributed by atoms with Gasteiger partial charge in [0.1, 0.15) is 0 Å². The Bertz CT molecular complexity index is 515. The number of carbonyl (C=O) groups excluding carboxylic acids is 1. The van der Waals surface area contributed by atoms with Gasteiger partial charge in [-0.1, -0.05) is 52.6 Å². The first kappa shape index (κ1) is 17.8. The summed E-state index contributed by atoms with van der Waals surface area (Å²) in [7, 11) is 0. The van der Waals surface area contributed by atoms with Crippen molar-refractivity contribution < 1.29 is 15.0 Å². The van der Waals surface area contributed by atoms with Crippen molar-refractivity contribution in [2.45, 2.75) is 56.3 Å². The van der Waals surface area contributed by atoms with E-state index in [0.717, 1.165) is 0 Å². The Labute approximate surface area is 147 Å². The first-order chi connectivity index (χ1) is 9.39. The summed E-state index contributed by atoms with van der Waals surface area (Å²) in [5.41, 5.74) is -1.24. The molecule has 0 aliphatic heterocycles. The predicted molar refractivity (Wildman–Crippen MR) is 91.2 cm³/mol. The molecule has 0 aromatic rings. The summed E-state index contributed by atoms with van der Waals surface area (Å²) >= 11 is 13.5. The van der Waals surface area contributed by atoms with Crippen LogP contribution in [-0.4, -0.2) is 31.8 Å². The van der Waals surface area contributed by atoms with Crippen molar-refractivity contribution in [3.8, 4) is 0 Å². The van der Waals surface area contributed by atoms with E-state index in [-0.39, 0.29) is 16.4 Å². The normalized spacial score (nSPS) is 47.0. The fourth-order valence-electron chi connectivity index (χ4n) is 4.06. The summed E-state index contributed by atoms with van der Waals surface area (Å²) in [6.07, 6.45) is 0.242. The second-order valence-electron chi connectivity index (χ2n) is 7.08. The van der Waals surface area contributed by atoms with Crippen LogP contribution >= 0.6 is 43.5 Å². The van der Waals surface area contributed by atoms with Crippen LogP contribution in [0.5, 0.6) is 0 Å². The monoisotopic (exact) mass is 442 g/mol. The number of halogens is 3. The Hall–Kier alpha value is 0.420. The first-order valence-electron chi connectivity index (χ1n) is 7.04. The highest BCUT2D eigenvalue weighted by Crippen LogP contribution is 2.64. The lowest BCUT2D eigenvalue weighted by Crippen LogP contribution is -2.63. The molecule has 1 saturated carbocycles. The molecular formula is C15H21Br2ClO3. The second-order valence-corrected chi connectivity index (χ2v) is 9.85. The third-order valence-corrected chi connectivity index (χ3v) is 9.06. The maximum absolute atomic E-state index is 12.4. The van der Waals surface area contributed by atoms with Crippen molar-refractivity contribution in [1.29, 1.82) is 0 Å². The van der Waals surface area contributed by atoms with E-state index >= 15 is 0 Å². The van der Waals surface area contributed by atoms with Gasteiger partial charge in [0, 0.05) is 26.1 Å². The van der Waals surface area contributed by atoms with Crippen LogP contribution in [0.2, 0.25) is 0 Å². The quantitative estimate of drug-likeness (QED) is 0.548. The lowest BCUT2D eigenvalue weighted by Gasteiger charge is -2.60. The van der Waals surface area contributed by atoms with E-state index < -0.39 is 27.7 Å². The summed E-state index contributed by atoms with van der Waals surface area (Å²) in [5.74, 6) is -1.02. The third-order valence-electron chi connectivity index (χ3n) is 5.68. The van der Waals surface area contributed by atoms with Crippen LogP contribution in [0.15, 0.2) is 10.2 Å². The van der Waals surface area contributed by atoms with Gasteiger partial charge >= 0.3 is 0 Å². The number of aliphatic hydroxyl groups excluding tert-OH is 2. The lowest BCUT2D eigenvalue weighted by molar-refractivity contribution is -0.151. The van der Waals surface area contributed by atoms with Gasteiger partial charge in [-0.15, -0.1) is 11.6 Å². The number of aliphatic hydroxyl groups is 2. The molecule has 3 nitrogen and oxygen atoms in total. The largest absolute Gasteiger partial charge is 0.504 e. The van der Waals surface area contributed by atoms with Gasteiger partial charge in [0.05, 0.1) is 11.0 Å². The number of Topliss-reactive ketones (excluding diaryl/α,β-unsaturated/α-hetero) is 1. The number of allylic oxidation sites excluding steroid dienone is 2. The van der Waals surface area contributed by atoms with Gasteiger partial charge < -0.3 is 10.2 Å². The van der Waals surface area contributed by atoms with Gasteiger partial charge in [0.15, 0.2) is 5.76 Å². The Balaban J connectivity index is 2.63. The van der Waals surface area contributed by atoms with Gasteiger partial charge in [-0.3, -0.25) is 4.79 Å². The van der Waals surface area contributed by atoms with Crippen LogP contribution in [-0.2, 0) is 4.79 Å². The van der Waals surface area contributed by atoms with E-state index in [4.69, 9.17) is 11.6 Å². The lowest BCUT2D eigenvalue weighted by atomic mass is 9.48. The minimum absolute atomic E-state index is 0.0230. The average molecular weight is 445 g/mol. The molecule has 0 radical (unpaired) electrons. The van der Waals surface area contributed by atoms with E-state index in [0.29, 0.717) is 17.3 Å². The number of alkyl halides is 2. The van der Waals surface area contributed by atoms with Crippen molar-refractivity contribution in [3.63, 3.8) is 0 Å². The molecule has 0 amide bonds. The van der Waals surface area contributed by atoms with E-state index in [2.05, 4.69) is 31.9 Å². The zero-order chi connectivity index (χ0) is 16.4. The first-order valence-corrected chi connectivity index (χ1v) is 9.12. The molecule has 5 atom stereocenters. The number of hydrogen-bond donors (Lipinski definition) is 2. The molecule has 6 heteroatoms. The van der Waals surface area contributed by atoms with Crippen molar-refractivity contribution in [3.05, 3.63) is 10.2 Å². The average Bonchev–Trinajstić information content (AvgIpc) is 2.37. The van der Waals surface area contributed by atoms with Gasteiger partial charge in [-0.05, 0) is 19.8 Å². The molecule has 2 aliphatic rings. The van der Waals surface area contributed by atoms with E-state index in [1.807, 2.05) is 20.8 Å². The molecule has 2 N–H and O–H groups in total. The maximum Gasteiger partial charge on any atom is 0.201 e. The molecule has 2 rings (SSSR count). The molecule has 2 aliphatic carbocycles. The van der Waals surface area contributed by atoms with Crippen molar-refractivity contribution >= 4 is 49.2 Å². The van der Waals surface area contributed by atoms with Crippen molar-refractivity contribution in [2.24, 2.45) is 16.7 Å². The second kappa shape index (κ2) is 5.22. The Morgan fingerprint density at radius 3 is 2.33 bits per heavy atom. The van der Waals surface area contributed by atoms with E-state index in [9.17, 15) is 15.0 Å². The number of rotatable bonds is 0. The fraction of sp³-hybridized carbons (Fsp3) is 0.800. The smallest absolute Gasteiger partial charge is 0.201 e. The highest BCUT2D eigenvalue weighted by atomic mass is 79.9. The SMILES string of the molecule is C[C@@H]1C(=O)C(O)=C(Br)C(C)(C)[C@@]12C[C@H](Br)[C@@](C)(Cl)C[C@@H]2O. The molecule has 0 aromatic carbocycles. The summed E-state index contributed by atoms with van der Waals surface area (Å²) < 4.78 is 0.468. The van der Waals surface area contributed by atoms with Crippen LogP contribution in [0.3, 0.4) is 0 Å². The Morgan fingerprint density at radius 2 is 1.81 bits per heavy atom. The van der Waals surface area contributed by atoms with Crippen LogP contribution in [0.25, 0.3) is 0 Å². The van der Waals surface area contributed by atoms with Gasteiger partial charge in [-0.25, -0.2) is 0 Å². The number of ketones is 1. The maximum atomic E-state index is 12.4. The molecule has 0 saturated heterocycles. The van der Waals surface area contributed by atoms with Crippen LogP contribution in [0.4, 0.5) is 0 Å². The Morgan fingerprint density at radius 1 is 1.29 bits per heavy atom. The molecule has 120 valence electrons. The molecule has 21 heavy (non-hydrogen) atoms. The minimum atomic E-state index is -0.719. The molecular weight excluding hydrogens is 423 g/mol. The number of hydrogen-bond acceptors (Lipinski definition) is 3. The van der Waals surface area contributed by atoms with Gasteiger partial charge in [0.25, 0.3) is 0 Å². The summed E-state index contributed by atoms with van der Waals surface area (Å²) in [6.45, 7) is 7.60. The van der Waals surface area contributed by atoms with Crippen molar-refractivity contribution in [1.82, 2.24) is 0 Å². The van der Waals surface area contributed by atoms with Gasteiger partial charge in [0.2, 0.25) is 5.78 Å². The molecule has 1 spiro atoms. The highest BCUT2D eigenvalue weighted by molar-refractivity contribution is 9.11. The van der Waals surface area contributed by atoms with Crippen LogP contribution in [0.1, 0.15) is 40.5 Å². The topological polar surface area (TPSA) is 57.5 Å². The molecule has 0 bridgehead atoms.